The Bertz CT molecular complexity index is 1160. The van der Waals surface area contributed by atoms with Gasteiger partial charge in [0.05, 0.1) is 25.4 Å². The summed E-state index contributed by atoms with van der Waals surface area (Å²) in [5.74, 6) is -0.134. The average molecular weight is 1080 g/mol. The third kappa shape index (κ3) is 45.9. The van der Waals surface area contributed by atoms with E-state index in [1.807, 2.05) is 0 Å². The van der Waals surface area contributed by atoms with Crippen LogP contribution in [0.5, 0.6) is 0 Å². The van der Waals surface area contributed by atoms with E-state index in [0.29, 0.717) is 12.8 Å². The van der Waals surface area contributed by atoms with Crippen LogP contribution in [0.4, 0.5) is 0 Å². The maximum absolute atomic E-state index is 13.1. The number of carbonyl (C=O) groups is 1. The van der Waals surface area contributed by atoms with Crippen molar-refractivity contribution in [3.8, 4) is 0 Å². The van der Waals surface area contributed by atoms with Crippen LogP contribution in [-0.4, -0.2) is 87.5 Å². The summed E-state index contributed by atoms with van der Waals surface area (Å²) in [7, 11) is 0. The second-order valence-corrected chi connectivity index (χ2v) is 24.3. The molecule has 1 rings (SSSR count). The Morgan fingerprint density at radius 3 is 0.934 bits per heavy atom. The highest BCUT2D eigenvalue weighted by Gasteiger charge is 2.44. The smallest absolute Gasteiger partial charge is 0.220 e. The van der Waals surface area contributed by atoms with Crippen molar-refractivity contribution in [3.63, 3.8) is 0 Å². The van der Waals surface area contributed by atoms with Crippen molar-refractivity contribution in [1.29, 1.82) is 0 Å². The number of aliphatic hydroxyl groups is 5. The van der Waals surface area contributed by atoms with Gasteiger partial charge in [0.25, 0.3) is 0 Å². The van der Waals surface area contributed by atoms with Crippen LogP contribution in [0.2, 0.25) is 0 Å². The van der Waals surface area contributed by atoms with Gasteiger partial charge in [-0.25, -0.2) is 0 Å². The summed E-state index contributed by atoms with van der Waals surface area (Å²) in [6.07, 6.45) is 64.6. The molecule has 0 aromatic carbocycles. The Balaban J connectivity index is 2.06. The Hall–Kier alpha value is -0.810. The first-order valence-electron chi connectivity index (χ1n) is 34.2. The fourth-order valence-electron chi connectivity index (χ4n) is 11.6. The number of rotatable bonds is 61. The molecule has 1 fully saturated rings. The van der Waals surface area contributed by atoms with Gasteiger partial charge in [0.2, 0.25) is 5.91 Å². The molecule has 1 aliphatic rings. The standard InChI is InChI=1S/C67H133NO8/c1-3-5-7-9-11-13-15-17-19-21-23-24-25-26-27-28-29-30-31-32-33-34-35-36-37-39-41-43-45-47-49-51-53-55-57-63(71)68-60(59-75-67-66(74)65(73)64(72)62(58-69)76-67)61(70)56-54-52-50-48-46-44-42-40-38-22-20-18-16-14-12-10-8-6-4-2/h60-62,64-67,69-70,72-74H,3-59H2,1-2H3,(H,68,71). The van der Waals surface area contributed by atoms with Crippen LogP contribution in [-0.2, 0) is 14.3 Å². The summed E-state index contributed by atoms with van der Waals surface area (Å²) in [4.78, 5) is 13.1. The predicted octanol–water partition coefficient (Wildman–Crippen LogP) is 18.1. The van der Waals surface area contributed by atoms with Gasteiger partial charge in [-0.15, -0.1) is 0 Å². The Labute approximate surface area is 472 Å². The third-order valence-electron chi connectivity index (χ3n) is 17.0. The third-order valence-corrected chi connectivity index (χ3v) is 17.0. The van der Waals surface area contributed by atoms with Gasteiger partial charge in [-0.3, -0.25) is 4.79 Å². The van der Waals surface area contributed by atoms with E-state index in [1.54, 1.807) is 0 Å². The average Bonchev–Trinajstić information content (AvgIpc) is 3.42. The van der Waals surface area contributed by atoms with Gasteiger partial charge in [-0.1, -0.05) is 348 Å². The number of unbranched alkanes of at least 4 members (excludes halogenated alkanes) is 51. The van der Waals surface area contributed by atoms with Crippen LogP contribution in [0.15, 0.2) is 0 Å². The zero-order chi connectivity index (χ0) is 55.0. The first kappa shape index (κ1) is 73.2. The highest BCUT2D eigenvalue weighted by Crippen LogP contribution is 2.24. The lowest BCUT2D eigenvalue weighted by molar-refractivity contribution is -0.302. The Morgan fingerprint density at radius 1 is 0.395 bits per heavy atom. The molecule has 0 aromatic rings. The van der Waals surface area contributed by atoms with Crippen molar-refractivity contribution in [2.24, 2.45) is 0 Å². The van der Waals surface area contributed by atoms with Crippen LogP contribution in [0.1, 0.15) is 367 Å². The molecule has 1 aliphatic heterocycles. The van der Waals surface area contributed by atoms with E-state index in [0.717, 1.165) is 38.5 Å². The van der Waals surface area contributed by atoms with Gasteiger partial charge >= 0.3 is 0 Å². The summed E-state index contributed by atoms with van der Waals surface area (Å²) in [6, 6.07) is -0.714. The molecule has 7 atom stereocenters. The Kier molecular flexibility index (Phi) is 55.3. The SMILES string of the molecule is CCCCCCCCCCCCCCCCCCCCCCCCCCCCCCCCCCCCC(=O)NC(COC1OC(CO)C(O)C(O)C1O)C(O)CCCCCCCCCCCCCCCCCCCCC. The minimum Gasteiger partial charge on any atom is -0.394 e. The zero-order valence-electron chi connectivity index (χ0n) is 50.8. The Morgan fingerprint density at radius 2 is 0.658 bits per heavy atom. The summed E-state index contributed by atoms with van der Waals surface area (Å²) >= 11 is 0. The lowest BCUT2D eigenvalue weighted by Crippen LogP contribution is -2.60. The molecule has 9 nitrogen and oxygen atoms in total. The lowest BCUT2D eigenvalue weighted by atomic mass is 9.99. The minimum atomic E-state index is -1.55. The molecular weight excluding hydrogens is 947 g/mol. The van der Waals surface area contributed by atoms with E-state index in [2.05, 4.69) is 19.2 Å². The van der Waals surface area contributed by atoms with Crippen molar-refractivity contribution in [1.82, 2.24) is 5.32 Å². The van der Waals surface area contributed by atoms with Crippen molar-refractivity contribution in [2.75, 3.05) is 13.2 Å². The molecule has 1 heterocycles. The first-order chi connectivity index (χ1) is 37.3. The maximum Gasteiger partial charge on any atom is 0.220 e. The topological polar surface area (TPSA) is 149 Å². The molecule has 6 N–H and O–H groups in total. The van der Waals surface area contributed by atoms with E-state index in [4.69, 9.17) is 9.47 Å². The van der Waals surface area contributed by atoms with Crippen molar-refractivity contribution >= 4 is 5.91 Å². The monoisotopic (exact) mass is 1080 g/mol. The fraction of sp³-hybridized carbons (Fsp3) is 0.985. The highest BCUT2D eigenvalue weighted by atomic mass is 16.7. The molecule has 9 heteroatoms. The van der Waals surface area contributed by atoms with Crippen LogP contribution >= 0.6 is 0 Å². The molecular formula is C67H133NO8. The molecule has 7 unspecified atom stereocenters. The largest absolute Gasteiger partial charge is 0.394 e. The quantitative estimate of drug-likeness (QED) is 0.0330. The molecule has 0 radical (unpaired) electrons. The molecule has 1 saturated heterocycles. The first-order valence-corrected chi connectivity index (χ1v) is 34.2. The predicted molar refractivity (Wildman–Crippen MR) is 323 cm³/mol. The lowest BCUT2D eigenvalue weighted by Gasteiger charge is -2.40. The van der Waals surface area contributed by atoms with Gasteiger partial charge < -0.3 is 40.3 Å². The van der Waals surface area contributed by atoms with E-state index in [1.165, 1.54) is 302 Å². The second kappa shape index (κ2) is 57.4. The molecule has 1 amide bonds. The van der Waals surface area contributed by atoms with Gasteiger partial charge in [-0.05, 0) is 12.8 Å². The van der Waals surface area contributed by atoms with Crippen LogP contribution in [0.3, 0.4) is 0 Å². The molecule has 76 heavy (non-hydrogen) atoms. The molecule has 0 spiro atoms. The number of nitrogens with one attached hydrogen (secondary N) is 1. The highest BCUT2D eigenvalue weighted by molar-refractivity contribution is 5.76. The number of hydrogen-bond donors (Lipinski definition) is 6. The molecule has 0 saturated carbocycles. The fourth-order valence-corrected chi connectivity index (χ4v) is 11.6. The number of amides is 1. The van der Waals surface area contributed by atoms with E-state index >= 15 is 0 Å². The van der Waals surface area contributed by atoms with Crippen molar-refractivity contribution in [3.05, 3.63) is 0 Å². The normalized spacial score (nSPS) is 18.6. The van der Waals surface area contributed by atoms with Gasteiger partial charge in [0.15, 0.2) is 6.29 Å². The van der Waals surface area contributed by atoms with Crippen LogP contribution in [0.25, 0.3) is 0 Å². The number of aliphatic hydroxyl groups excluding tert-OH is 5. The minimum absolute atomic E-state index is 0.131. The second-order valence-electron chi connectivity index (χ2n) is 24.3. The summed E-state index contributed by atoms with van der Waals surface area (Å²) in [5, 5.41) is 54.8. The summed E-state index contributed by atoms with van der Waals surface area (Å²) < 4.78 is 11.4. The van der Waals surface area contributed by atoms with E-state index in [9.17, 15) is 30.3 Å². The van der Waals surface area contributed by atoms with Gasteiger partial charge in [0, 0.05) is 6.42 Å². The number of carbonyl (C=O) groups excluding carboxylic acids is 1. The van der Waals surface area contributed by atoms with Gasteiger partial charge in [-0.2, -0.15) is 0 Å². The van der Waals surface area contributed by atoms with Gasteiger partial charge in [0.1, 0.15) is 24.4 Å². The summed E-state index contributed by atoms with van der Waals surface area (Å²) in [6.45, 7) is 3.90. The van der Waals surface area contributed by atoms with E-state index < -0.39 is 49.5 Å². The summed E-state index contributed by atoms with van der Waals surface area (Å²) in [5.41, 5.74) is 0. The molecule has 0 aliphatic carbocycles. The molecule has 0 bridgehead atoms. The van der Waals surface area contributed by atoms with Crippen LogP contribution in [0, 0.1) is 0 Å². The molecule has 0 aromatic heterocycles. The number of ether oxygens (including phenoxy) is 2. The maximum atomic E-state index is 13.1. The zero-order valence-corrected chi connectivity index (χ0v) is 50.8. The van der Waals surface area contributed by atoms with E-state index in [-0.39, 0.29) is 12.5 Å². The van der Waals surface area contributed by atoms with Crippen molar-refractivity contribution < 1.29 is 39.8 Å². The van der Waals surface area contributed by atoms with Crippen molar-refractivity contribution in [2.45, 2.75) is 410 Å². The molecule has 454 valence electrons. The number of hydrogen-bond acceptors (Lipinski definition) is 8. The van der Waals surface area contributed by atoms with Crippen LogP contribution < -0.4 is 5.32 Å².